The number of esters is 1. The van der Waals surface area contributed by atoms with Gasteiger partial charge in [-0.3, -0.25) is 0 Å². The SMILES string of the molecule is CSc1nc(C)cc(Nc2cccc(OC(=O)/C=C/c3ccc(C)cc3)c2)n1. The van der Waals surface area contributed by atoms with Crippen LogP contribution in [0.5, 0.6) is 5.75 Å². The Bertz CT molecular complexity index is 1000. The van der Waals surface area contributed by atoms with E-state index in [1.54, 1.807) is 18.2 Å². The van der Waals surface area contributed by atoms with Crippen LogP contribution in [0.2, 0.25) is 0 Å². The van der Waals surface area contributed by atoms with E-state index in [-0.39, 0.29) is 0 Å². The Morgan fingerprint density at radius 3 is 2.61 bits per heavy atom. The summed E-state index contributed by atoms with van der Waals surface area (Å²) >= 11 is 1.48. The molecule has 0 spiro atoms. The number of anilines is 2. The molecule has 2 aromatic carbocycles. The topological polar surface area (TPSA) is 64.1 Å². The summed E-state index contributed by atoms with van der Waals surface area (Å²) in [7, 11) is 0. The number of hydrogen-bond acceptors (Lipinski definition) is 6. The molecule has 0 unspecified atom stereocenters. The molecule has 0 amide bonds. The first-order valence-corrected chi connectivity index (χ1v) is 9.97. The van der Waals surface area contributed by atoms with Gasteiger partial charge < -0.3 is 10.1 Å². The van der Waals surface area contributed by atoms with Gasteiger partial charge in [0.2, 0.25) is 0 Å². The Balaban J connectivity index is 1.66. The fraction of sp³-hybridized carbons (Fsp3) is 0.136. The van der Waals surface area contributed by atoms with Gasteiger partial charge in [0, 0.05) is 29.6 Å². The molecule has 1 N–H and O–H groups in total. The molecule has 1 heterocycles. The summed E-state index contributed by atoms with van der Waals surface area (Å²) in [6, 6.07) is 17.0. The van der Waals surface area contributed by atoms with Crippen molar-refractivity contribution in [2.75, 3.05) is 11.6 Å². The summed E-state index contributed by atoms with van der Waals surface area (Å²) in [5, 5.41) is 3.92. The van der Waals surface area contributed by atoms with Crippen molar-refractivity contribution in [1.29, 1.82) is 0 Å². The number of carbonyl (C=O) groups excluding carboxylic acids is 1. The number of aromatic nitrogens is 2. The molecule has 0 fully saturated rings. The fourth-order valence-corrected chi connectivity index (χ4v) is 2.90. The van der Waals surface area contributed by atoms with Crippen LogP contribution in [0.15, 0.2) is 65.8 Å². The van der Waals surface area contributed by atoms with Crippen molar-refractivity contribution in [3.8, 4) is 5.75 Å². The zero-order chi connectivity index (χ0) is 19.9. The van der Waals surface area contributed by atoms with Crippen LogP contribution < -0.4 is 10.1 Å². The summed E-state index contributed by atoms with van der Waals surface area (Å²) in [6.45, 7) is 3.94. The third-order valence-corrected chi connectivity index (χ3v) is 4.38. The van der Waals surface area contributed by atoms with Gasteiger partial charge in [-0.15, -0.1) is 0 Å². The molecule has 1 aromatic heterocycles. The zero-order valence-electron chi connectivity index (χ0n) is 16.0. The van der Waals surface area contributed by atoms with E-state index in [1.165, 1.54) is 23.4 Å². The second kappa shape index (κ2) is 9.19. The monoisotopic (exact) mass is 391 g/mol. The maximum Gasteiger partial charge on any atom is 0.336 e. The van der Waals surface area contributed by atoms with Gasteiger partial charge in [0.1, 0.15) is 11.6 Å². The number of hydrogen-bond donors (Lipinski definition) is 1. The van der Waals surface area contributed by atoms with E-state index in [2.05, 4.69) is 15.3 Å². The lowest BCUT2D eigenvalue weighted by Crippen LogP contribution is -2.04. The molecule has 5 nitrogen and oxygen atoms in total. The summed E-state index contributed by atoms with van der Waals surface area (Å²) in [6.07, 6.45) is 5.09. The smallest absolute Gasteiger partial charge is 0.336 e. The Labute approximate surface area is 168 Å². The molecule has 0 aliphatic carbocycles. The van der Waals surface area contributed by atoms with Crippen LogP contribution in [0.25, 0.3) is 6.08 Å². The second-order valence-corrected chi connectivity index (χ2v) is 6.97. The standard InChI is InChI=1S/C22H21N3O2S/c1-15-7-9-17(10-8-15)11-12-21(26)27-19-6-4-5-18(14-19)24-20-13-16(2)23-22(25-20)28-3/h4-14H,1-3H3,(H,23,24,25)/b12-11+. The predicted octanol–water partition coefficient (Wildman–Crippen LogP) is 5.18. The van der Waals surface area contributed by atoms with Crippen LogP contribution in [-0.4, -0.2) is 22.2 Å². The highest BCUT2D eigenvalue weighted by molar-refractivity contribution is 7.98. The summed E-state index contributed by atoms with van der Waals surface area (Å²) in [5.41, 5.74) is 3.78. The normalized spacial score (nSPS) is 10.8. The molecule has 28 heavy (non-hydrogen) atoms. The van der Waals surface area contributed by atoms with Crippen molar-refractivity contribution in [3.05, 3.63) is 77.5 Å². The number of thioether (sulfide) groups is 1. The largest absolute Gasteiger partial charge is 0.423 e. The minimum atomic E-state index is -0.430. The molecule has 0 atom stereocenters. The molecule has 0 aliphatic rings. The van der Waals surface area contributed by atoms with Gasteiger partial charge in [-0.2, -0.15) is 0 Å². The Morgan fingerprint density at radius 1 is 1.07 bits per heavy atom. The first-order valence-electron chi connectivity index (χ1n) is 8.75. The summed E-state index contributed by atoms with van der Waals surface area (Å²) in [5.74, 6) is 0.722. The van der Waals surface area contributed by atoms with Gasteiger partial charge in [0.05, 0.1) is 0 Å². The highest BCUT2D eigenvalue weighted by Gasteiger charge is 2.05. The zero-order valence-corrected chi connectivity index (χ0v) is 16.8. The van der Waals surface area contributed by atoms with Gasteiger partial charge in [-0.25, -0.2) is 14.8 Å². The molecule has 0 aliphatic heterocycles. The Morgan fingerprint density at radius 2 is 1.86 bits per heavy atom. The lowest BCUT2D eigenvalue weighted by atomic mass is 10.1. The number of aryl methyl sites for hydroxylation is 2. The quantitative estimate of drug-likeness (QED) is 0.205. The number of nitrogens with one attached hydrogen (secondary N) is 1. The van der Waals surface area contributed by atoms with E-state index < -0.39 is 5.97 Å². The van der Waals surface area contributed by atoms with Crippen molar-refractivity contribution in [2.24, 2.45) is 0 Å². The lowest BCUT2D eigenvalue weighted by molar-refractivity contribution is -0.128. The second-order valence-electron chi connectivity index (χ2n) is 6.20. The molecule has 142 valence electrons. The van der Waals surface area contributed by atoms with Gasteiger partial charge in [-0.05, 0) is 43.9 Å². The molecule has 6 heteroatoms. The van der Waals surface area contributed by atoms with Crippen LogP contribution in [0.1, 0.15) is 16.8 Å². The van der Waals surface area contributed by atoms with Crippen LogP contribution >= 0.6 is 11.8 Å². The third kappa shape index (κ3) is 5.69. The van der Waals surface area contributed by atoms with Crippen LogP contribution in [0.3, 0.4) is 0 Å². The summed E-state index contributed by atoms with van der Waals surface area (Å²) in [4.78, 5) is 20.9. The molecular formula is C22H21N3O2S. The first-order chi connectivity index (χ1) is 13.5. The molecule has 3 rings (SSSR count). The van der Waals surface area contributed by atoms with Crippen LogP contribution in [-0.2, 0) is 4.79 Å². The third-order valence-electron chi connectivity index (χ3n) is 3.83. The molecule has 0 bridgehead atoms. The van der Waals surface area contributed by atoms with Gasteiger partial charge in [0.15, 0.2) is 5.16 Å². The van der Waals surface area contributed by atoms with Crippen molar-refractivity contribution in [1.82, 2.24) is 9.97 Å². The average Bonchev–Trinajstić information content (AvgIpc) is 2.67. The Kier molecular flexibility index (Phi) is 6.45. The minimum absolute atomic E-state index is 0.430. The lowest BCUT2D eigenvalue weighted by Gasteiger charge is -2.09. The average molecular weight is 391 g/mol. The molecule has 0 saturated heterocycles. The number of nitrogens with zero attached hydrogens (tertiary/aromatic N) is 2. The fourth-order valence-electron chi connectivity index (χ4n) is 2.47. The predicted molar refractivity (Wildman–Crippen MR) is 114 cm³/mol. The maximum absolute atomic E-state index is 12.1. The summed E-state index contributed by atoms with van der Waals surface area (Å²) < 4.78 is 5.40. The van der Waals surface area contributed by atoms with E-state index >= 15 is 0 Å². The minimum Gasteiger partial charge on any atom is -0.423 e. The molecule has 0 saturated carbocycles. The van der Waals surface area contributed by atoms with Crippen molar-refractivity contribution in [3.63, 3.8) is 0 Å². The van der Waals surface area contributed by atoms with Gasteiger partial charge in [-0.1, -0.05) is 47.7 Å². The first kappa shape index (κ1) is 19.6. The van der Waals surface area contributed by atoms with E-state index in [0.717, 1.165) is 16.9 Å². The van der Waals surface area contributed by atoms with Crippen molar-refractivity contribution < 1.29 is 9.53 Å². The number of ether oxygens (including phenoxy) is 1. The highest BCUT2D eigenvalue weighted by atomic mass is 32.2. The highest BCUT2D eigenvalue weighted by Crippen LogP contribution is 2.22. The van der Waals surface area contributed by atoms with Crippen LogP contribution in [0.4, 0.5) is 11.5 Å². The van der Waals surface area contributed by atoms with Gasteiger partial charge in [0.25, 0.3) is 0 Å². The van der Waals surface area contributed by atoms with E-state index in [9.17, 15) is 4.79 Å². The Hall–Kier alpha value is -3.12. The van der Waals surface area contributed by atoms with Crippen LogP contribution in [0, 0.1) is 13.8 Å². The number of benzene rings is 2. The number of carbonyl (C=O) groups is 1. The number of rotatable bonds is 6. The molecule has 0 radical (unpaired) electrons. The van der Waals surface area contributed by atoms with Crippen molar-refractivity contribution >= 4 is 35.3 Å². The van der Waals surface area contributed by atoms with Gasteiger partial charge >= 0.3 is 5.97 Å². The molecular weight excluding hydrogens is 370 g/mol. The maximum atomic E-state index is 12.1. The van der Waals surface area contributed by atoms with Crippen molar-refractivity contribution in [2.45, 2.75) is 19.0 Å². The van der Waals surface area contributed by atoms with E-state index in [0.29, 0.717) is 16.7 Å². The molecule has 3 aromatic rings. The van der Waals surface area contributed by atoms with E-state index in [4.69, 9.17) is 4.74 Å². The van der Waals surface area contributed by atoms with E-state index in [1.807, 2.05) is 62.6 Å².